The first kappa shape index (κ1) is 23.4. The normalized spacial score (nSPS) is 14.9. The standard InChI is InChI=1S/C27H29N5O2S/c1-4-5-6-19-8-10-20(11-9-19)29-24(33)14-22-16-35-27-30-25-23(26(34)31(22)27)15-28-32(25)21-12-7-17(2)18(3)13-21/h7-13,15,22H,4-6,14,16H2,1-3H3,(H,29,33). The monoisotopic (exact) mass is 487 g/mol. The van der Waals surface area contributed by atoms with E-state index in [9.17, 15) is 9.59 Å². The molecule has 35 heavy (non-hydrogen) atoms. The number of nitrogens with one attached hydrogen (secondary N) is 1. The molecule has 1 N–H and O–H groups in total. The smallest absolute Gasteiger partial charge is 0.265 e. The molecule has 0 bridgehead atoms. The Morgan fingerprint density at radius 2 is 1.94 bits per heavy atom. The molecule has 0 aliphatic carbocycles. The number of hydrogen-bond acceptors (Lipinski definition) is 5. The predicted molar refractivity (Wildman–Crippen MR) is 141 cm³/mol. The summed E-state index contributed by atoms with van der Waals surface area (Å²) in [4.78, 5) is 30.9. The minimum Gasteiger partial charge on any atom is -0.326 e. The highest BCUT2D eigenvalue weighted by Gasteiger charge is 2.29. The lowest BCUT2D eigenvalue weighted by atomic mass is 10.1. The third-order valence-corrected chi connectivity index (χ3v) is 7.68. The van der Waals surface area contributed by atoms with Crippen molar-refractivity contribution in [1.29, 1.82) is 0 Å². The van der Waals surface area contributed by atoms with Crippen LogP contribution in [-0.4, -0.2) is 31.0 Å². The molecule has 5 rings (SSSR count). The number of benzene rings is 2. The van der Waals surface area contributed by atoms with Gasteiger partial charge in [0.05, 0.1) is 17.9 Å². The highest BCUT2D eigenvalue weighted by atomic mass is 32.2. The predicted octanol–water partition coefficient (Wildman–Crippen LogP) is 5.22. The molecule has 0 saturated heterocycles. The van der Waals surface area contributed by atoms with Crippen LogP contribution < -0.4 is 10.9 Å². The van der Waals surface area contributed by atoms with Crippen LogP contribution in [0.2, 0.25) is 0 Å². The van der Waals surface area contributed by atoms with Crippen molar-refractivity contribution < 1.29 is 4.79 Å². The van der Waals surface area contributed by atoms with Gasteiger partial charge in [-0.3, -0.25) is 14.2 Å². The first-order valence-corrected chi connectivity index (χ1v) is 13.0. The number of aromatic nitrogens is 4. The minimum absolute atomic E-state index is 0.109. The maximum absolute atomic E-state index is 13.4. The lowest BCUT2D eigenvalue weighted by Crippen LogP contribution is -2.27. The van der Waals surface area contributed by atoms with E-state index in [4.69, 9.17) is 4.98 Å². The summed E-state index contributed by atoms with van der Waals surface area (Å²) in [5, 5.41) is 8.52. The Bertz CT molecular complexity index is 1460. The maximum Gasteiger partial charge on any atom is 0.265 e. The van der Waals surface area contributed by atoms with Crippen LogP contribution in [-0.2, 0) is 11.2 Å². The topological polar surface area (TPSA) is 81.8 Å². The molecular weight excluding hydrogens is 458 g/mol. The van der Waals surface area contributed by atoms with Crippen LogP contribution in [0.5, 0.6) is 0 Å². The first-order valence-electron chi connectivity index (χ1n) is 12.0. The highest BCUT2D eigenvalue weighted by molar-refractivity contribution is 7.99. The number of fused-ring (bicyclic) bond motifs is 2. The molecule has 4 aromatic rings. The van der Waals surface area contributed by atoms with Gasteiger partial charge < -0.3 is 5.32 Å². The Morgan fingerprint density at radius 3 is 2.69 bits per heavy atom. The van der Waals surface area contributed by atoms with Gasteiger partial charge in [0.25, 0.3) is 5.56 Å². The summed E-state index contributed by atoms with van der Waals surface area (Å²) in [5.74, 6) is 0.525. The summed E-state index contributed by atoms with van der Waals surface area (Å²) >= 11 is 1.51. The summed E-state index contributed by atoms with van der Waals surface area (Å²) in [6, 6.07) is 13.8. The van der Waals surface area contributed by atoms with Crippen LogP contribution in [0.3, 0.4) is 0 Å². The van der Waals surface area contributed by atoms with Crippen molar-refractivity contribution in [2.75, 3.05) is 11.1 Å². The molecule has 0 radical (unpaired) electrons. The van der Waals surface area contributed by atoms with E-state index in [1.54, 1.807) is 15.4 Å². The van der Waals surface area contributed by atoms with Gasteiger partial charge in [-0.25, -0.2) is 9.67 Å². The molecule has 1 unspecified atom stereocenters. The molecule has 1 aliphatic rings. The average molecular weight is 488 g/mol. The fourth-order valence-corrected chi connectivity index (χ4v) is 5.52. The van der Waals surface area contributed by atoms with E-state index >= 15 is 0 Å². The van der Waals surface area contributed by atoms with E-state index in [2.05, 4.69) is 43.3 Å². The van der Waals surface area contributed by atoms with Crippen molar-refractivity contribution in [3.05, 3.63) is 75.7 Å². The number of carbonyl (C=O) groups excluding carboxylic acids is 1. The molecule has 1 atom stereocenters. The lowest BCUT2D eigenvalue weighted by Gasteiger charge is -2.14. The number of hydrogen-bond donors (Lipinski definition) is 1. The molecule has 0 fully saturated rings. The van der Waals surface area contributed by atoms with E-state index in [0.29, 0.717) is 21.9 Å². The summed E-state index contributed by atoms with van der Waals surface area (Å²) in [6.45, 7) is 6.29. The van der Waals surface area contributed by atoms with Crippen LogP contribution in [0, 0.1) is 13.8 Å². The molecule has 2 aromatic carbocycles. The van der Waals surface area contributed by atoms with Crippen molar-refractivity contribution in [2.24, 2.45) is 0 Å². The molecule has 1 aliphatic heterocycles. The fourth-order valence-electron chi connectivity index (χ4n) is 4.39. The third kappa shape index (κ3) is 4.62. The number of aryl methyl sites for hydroxylation is 3. The van der Waals surface area contributed by atoms with E-state index < -0.39 is 0 Å². The number of thioether (sulfide) groups is 1. The lowest BCUT2D eigenvalue weighted by molar-refractivity contribution is -0.116. The third-order valence-electron chi connectivity index (χ3n) is 6.58. The number of rotatable bonds is 7. The molecule has 0 saturated carbocycles. The van der Waals surface area contributed by atoms with E-state index in [1.807, 2.05) is 30.3 Å². The number of nitrogens with zero attached hydrogens (tertiary/aromatic N) is 4. The SMILES string of the molecule is CCCCc1ccc(NC(=O)CC2CSc3nc4c(cnn4-c4ccc(C)c(C)c4)c(=O)n32)cc1. The molecule has 1 amide bonds. The van der Waals surface area contributed by atoms with E-state index in [0.717, 1.165) is 36.2 Å². The fraction of sp³-hybridized carbons (Fsp3) is 0.333. The van der Waals surface area contributed by atoms with E-state index in [1.165, 1.54) is 22.9 Å². The zero-order chi connectivity index (χ0) is 24.5. The van der Waals surface area contributed by atoms with Crippen LogP contribution in [0.4, 0.5) is 5.69 Å². The average Bonchev–Trinajstić information content (AvgIpc) is 3.45. The van der Waals surface area contributed by atoms with Gasteiger partial charge in [-0.05, 0) is 67.6 Å². The zero-order valence-electron chi connectivity index (χ0n) is 20.2. The Morgan fingerprint density at radius 1 is 1.14 bits per heavy atom. The van der Waals surface area contributed by atoms with Gasteiger partial charge in [-0.2, -0.15) is 5.10 Å². The molecule has 3 heterocycles. The molecule has 180 valence electrons. The van der Waals surface area contributed by atoms with E-state index in [-0.39, 0.29) is 23.9 Å². The number of carbonyl (C=O) groups is 1. The highest BCUT2D eigenvalue weighted by Crippen LogP contribution is 2.33. The molecule has 0 spiro atoms. The summed E-state index contributed by atoms with van der Waals surface area (Å²) in [5.41, 5.74) is 5.67. The van der Waals surface area contributed by atoms with Crippen molar-refractivity contribution >= 4 is 34.4 Å². The Hall–Kier alpha value is -3.39. The van der Waals surface area contributed by atoms with Gasteiger partial charge in [0.15, 0.2) is 10.8 Å². The maximum atomic E-state index is 13.4. The first-order chi connectivity index (χ1) is 16.9. The van der Waals surface area contributed by atoms with Crippen molar-refractivity contribution in [2.45, 2.75) is 57.7 Å². The van der Waals surface area contributed by atoms with Crippen molar-refractivity contribution in [1.82, 2.24) is 19.3 Å². The largest absolute Gasteiger partial charge is 0.326 e. The van der Waals surface area contributed by atoms with Gasteiger partial charge in [-0.1, -0.05) is 43.3 Å². The number of unbranched alkanes of at least 4 members (excludes halogenated alkanes) is 1. The molecule has 7 nitrogen and oxygen atoms in total. The second-order valence-electron chi connectivity index (χ2n) is 9.15. The van der Waals surface area contributed by atoms with Gasteiger partial charge in [0.2, 0.25) is 5.91 Å². The summed E-state index contributed by atoms with van der Waals surface area (Å²) in [7, 11) is 0. The Kier molecular flexibility index (Phi) is 6.47. The Balaban J connectivity index is 1.36. The Labute approximate surface area is 208 Å². The summed E-state index contributed by atoms with van der Waals surface area (Å²) in [6.07, 6.45) is 5.16. The van der Waals surface area contributed by atoms with Crippen molar-refractivity contribution in [3.8, 4) is 5.69 Å². The van der Waals surface area contributed by atoms with Crippen LogP contribution >= 0.6 is 11.8 Å². The van der Waals surface area contributed by atoms with Crippen LogP contribution in [0.1, 0.15) is 48.9 Å². The zero-order valence-corrected chi connectivity index (χ0v) is 21.1. The van der Waals surface area contributed by atoms with Gasteiger partial charge in [-0.15, -0.1) is 0 Å². The molecule has 8 heteroatoms. The van der Waals surface area contributed by atoms with Gasteiger partial charge >= 0.3 is 0 Å². The van der Waals surface area contributed by atoms with Crippen molar-refractivity contribution in [3.63, 3.8) is 0 Å². The minimum atomic E-state index is -0.242. The molecular formula is C27H29N5O2S. The van der Waals surface area contributed by atoms with Crippen LogP contribution in [0.15, 0.2) is 58.6 Å². The molecule has 2 aromatic heterocycles. The number of anilines is 1. The second-order valence-corrected chi connectivity index (χ2v) is 10.1. The van der Waals surface area contributed by atoms with Gasteiger partial charge in [0.1, 0.15) is 5.39 Å². The summed E-state index contributed by atoms with van der Waals surface area (Å²) < 4.78 is 3.38. The van der Waals surface area contributed by atoms with Crippen LogP contribution in [0.25, 0.3) is 16.7 Å². The van der Waals surface area contributed by atoms with Gasteiger partial charge in [0, 0.05) is 17.9 Å². The quantitative estimate of drug-likeness (QED) is 0.362. The number of amides is 1. The second kappa shape index (κ2) is 9.70.